The molecule has 1 rings (SSSR count). The number of aromatic nitrogens is 1. The van der Waals surface area contributed by atoms with Gasteiger partial charge in [-0.15, -0.1) is 6.58 Å². The number of rotatable bonds is 8. The minimum absolute atomic E-state index is 0.139. The summed E-state index contributed by atoms with van der Waals surface area (Å²) in [7, 11) is 0. The summed E-state index contributed by atoms with van der Waals surface area (Å²) < 4.78 is 5.28. The summed E-state index contributed by atoms with van der Waals surface area (Å²) in [6.07, 6.45) is 3.65. The molecular formula is C12H14N4O3. The highest BCUT2D eigenvalue weighted by molar-refractivity contribution is 5.55. The molecule has 0 unspecified atom stereocenters. The number of pyridine rings is 1. The number of hydrogen-bond donors (Lipinski definition) is 1. The first-order valence-corrected chi connectivity index (χ1v) is 5.66. The first-order chi connectivity index (χ1) is 9.19. The van der Waals surface area contributed by atoms with Gasteiger partial charge in [0.05, 0.1) is 18.1 Å². The van der Waals surface area contributed by atoms with Crippen molar-refractivity contribution in [1.82, 2.24) is 4.98 Å². The fraction of sp³-hybridized carbons (Fsp3) is 0.333. The number of nitrogens with zero attached hydrogens (tertiary/aromatic N) is 3. The standard InChI is InChI=1S/C12H14N4O3/c1-2-3-5-19-6-4-14-12-10(8-13)7-11(9-15-12)16(17)18/h2,7,9H,1,3-6H2,(H,14,15). The number of hydrogen-bond acceptors (Lipinski definition) is 6. The van der Waals surface area contributed by atoms with Gasteiger partial charge in [0.25, 0.3) is 5.69 Å². The number of nitrogens with one attached hydrogen (secondary N) is 1. The Balaban J connectivity index is 2.52. The molecule has 0 spiro atoms. The van der Waals surface area contributed by atoms with E-state index in [1.54, 1.807) is 6.08 Å². The third-order valence-electron chi connectivity index (χ3n) is 2.21. The lowest BCUT2D eigenvalue weighted by atomic mass is 10.2. The van der Waals surface area contributed by atoms with Gasteiger partial charge >= 0.3 is 0 Å². The molecule has 100 valence electrons. The van der Waals surface area contributed by atoms with Crippen LogP contribution in [0.2, 0.25) is 0 Å². The Morgan fingerprint density at radius 1 is 1.63 bits per heavy atom. The van der Waals surface area contributed by atoms with Gasteiger partial charge in [0.2, 0.25) is 0 Å². The summed E-state index contributed by atoms with van der Waals surface area (Å²) in [5.41, 5.74) is -0.0652. The molecule has 0 aromatic carbocycles. The first kappa shape index (κ1) is 14.6. The molecule has 0 bridgehead atoms. The zero-order chi connectivity index (χ0) is 14.1. The van der Waals surface area contributed by atoms with Gasteiger partial charge in [-0.05, 0) is 6.42 Å². The quantitative estimate of drug-likeness (QED) is 0.332. The van der Waals surface area contributed by atoms with E-state index >= 15 is 0 Å². The van der Waals surface area contributed by atoms with Crippen LogP contribution in [0.15, 0.2) is 24.9 Å². The van der Waals surface area contributed by atoms with E-state index in [0.29, 0.717) is 25.6 Å². The smallest absolute Gasteiger partial charge is 0.289 e. The highest BCUT2D eigenvalue weighted by Gasteiger charge is 2.11. The van der Waals surface area contributed by atoms with Crippen LogP contribution >= 0.6 is 0 Å². The predicted molar refractivity (Wildman–Crippen MR) is 69.7 cm³/mol. The van der Waals surface area contributed by atoms with Crippen LogP contribution < -0.4 is 5.32 Å². The third kappa shape index (κ3) is 4.73. The topological polar surface area (TPSA) is 101 Å². The molecule has 19 heavy (non-hydrogen) atoms. The Morgan fingerprint density at radius 3 is 3.05 bits per heavy atom. The molecule has 1 N–H and O–H groups in total. The third-order valence-corrected chi connectivity index (χ3v) is 2.21. The maximum Gasteiger partial charge on any atom is 0.289 e. The van der Waals surface area contributed by atoms with E-state index in [1.807, 2.05) is 6.07 Å². The van der Waals surface area contributed by atoms with Gasteiger partial charge in [-0.1, -0.05) is 6.08 Å². The molecule has 7 heteroatoms. The summed E-state index contributed by atoms with van der Waals surface area (Å²) >= 11 is 0. The van der Waals surface area contributed by atoms with Crippen LogP contribution in [-0.2, 0) is 4.74 Å². The zero-order valence-corrected chi connectivity index (χ0v) is 10.3. The Kier molecular flexibility index (Phi) is 5.98. The largest absolute Gasteiger partial charge is 0.379 e. The van der Waals surface area contributed by atoms with Crippen molar-refractivity contribution < 1.29 is 9.66 Å². The summed E-state index contributed by atoms with van der Waals surface area (Å²) in [6.45, 7) is 5.09. The van der Waals surface area contributed by atoms with Gasteiger partial charge in [0.15, 0.2) is 0 Å². The molecular weight excluding hydrogens is 248 g/mol. The molecule has 0 aliphatic carbocycles. The van der Waals surface area contributed by atoms with Gasteiger partial charge < -0.3 is 10.1 Å². The Bertz CT molecular complexity index is 496. The molecule has 0 saturated carbocycles. The van der Waals surface area contributed by atoms with Gasteiger partial charge in [-0.25, -0.2) is 4.98 Å². The fourth-order valence-electron chi connectivity index (χ4n) is 1.29. The van der Waals surface area contributed by atoms with Gasteiger partial charge in [-0.3, -0.25) is 10.1 Å². The molecule has 7 nitrogen and oxygen atoms in total. The molecule has 1 aromatic heterocycles. The monoisotopic (exact) mass is 262 g/mol. The number of nitro groups is 1. The van der Waals surface area contributed by atoms with Crippen LogP contribution in [0.4, 0.5) is 11.5 Å². The molecule has 0 fully saturated rings. The van der Waals surface area contributed by atoms with Gasteiger partial charge in [0, 0.05) is 12.6 Å². The van der Waals surface area contributed by atoms with E-state index < -0.39 is 4.92 Å². The highest BCUT2D eigenvalue weighted by atomic mass is 16.6. The second kappa shape index (κ2) is 7.79. The van der Waals surface area contributed by atoms with Crippen molar-refractivity contribution >= 4 is 11.5 Å². The first-order valence-electron chi connectivity index (χ1n) is 5.66. The van der Waals surface area contributed by atoms with E-state index in [9.17, 15) is 10.1 Å². The Labute approximate surface area is 110 Å². The second-order valence-electron chi connectivity index (χ2n) is 3.58. The van der Waals surface area contributed by atoms with E-state index in [-0.39, 0.29) is 11.3 Å². The van der Waals surface area contributed by atoms with Crippen LogP contribution in [0.5, 0.6) is 0 Å². The minimum Gasteiger partial charge on any atom is -0.379 e. The van der Waals surface area contributed by atoms with Gasteiger partial charge in [-0.2, -0.15) is 5.26 Å². The molecule has 0 saturated heterocycles. The molecule has 0 radical (unpaired) electrons. The summed E-state index contributed by atoms with van der Waals surface area (Å²) in [5.74, 6) is 0.320. The van der Waals surface area contributed by atoms with Crippen molar-refractivity contribution in [2.75, 3.05) is 25.1 Å². The predicted octanol–water partition coefficient (Wildman–Crippen LogP) is 1.87. The van der Waals surface area contributed by atoms with E-state index in [2.05, 4.69) is 16.9 Å². The van der Waals surface area contributed by atoms with Crippen LogP contribution in [0.1, 0.15) is 12.0 Å². The number of nitriles is 1. The van der Waals surface area contributed by atoms with Crippen LogP contribution in [0, 0.1) is 21.4 Å². The maximum absolute atomic E-state index is 10.5. The molecule has 1 heterocycles. The summed E-state index contributed by atoms with van der Waals surface area (Å²) in [5, 5.41) is 22.4. The van der Waals surface area contributed by atoms with Crippen LogP contribution in [-0.4, -0.2) is 29.7 Å². The summed E-state index contributed by atoms with van der Waals surface area (Å²) in [6, 6.07) is 3.06. The van der Waals surface area contributed by atoms with E-state index in [0.717, 1.165) is 12.6 Å². The fourth-order valence-corrected chi connectivity index (χ4v) is 1.29. The second-order valence-corrected chi connectivity index (χ2v) is 3.58. The zero-order valence-electron chi connectivity index (χ0n) is 10.3. The molecule has 0 atom stereocenters. The minimum atomic E-state index is -0.587. The van der Waals surface area contributed by atoms with Gasteiger partial charge in [0.1, 0.15) is 23.6 Å². The molecule has 1 aromatic rings. The van der Waals surface area contributed by atoms with Crippen molar-refractivity contribution in [3.8, 4) is 6.07 Å². The number of ether oxygens (including phenoxy) is 1. The van der Waals surface area contributed by atoms with Crippen molar-refractivity contribution in [3.63, 3.8) is 0 Å². The van der Waals surface area contributed by atoms with Crippen LogP contribution in [0.3, 0.4) is 0 Å². The summed E-state index contributed by atoms with van der Waals surface area (Å²) in [4.78, 5) is 13.8. The van der Waals surface area contributed by atoms with E-state index in [4.69, 9.17) is 10.00 Å². The van der Waals surface area contributed by atoms with Crippen molar-refractivity contribution in [1.29, 1.82) is 5.26 Å². The maximum atomic E-state index is 10.5. The average Bonchev–Trinajstić information content (AvgIpc) is 2.42. The average molecular weight is 262 g/mol. The van der Waals surface area contributed by atoms with E-state index in [1.165, 1.54) is 6.07 Å². The lowest BCUT2D eigenvalue weighted by molar-refractivity contribution is -0.385. The molecule has 0 aliphatic heterocycles. The highest BCUT2D eigenvalue weighted by Crippen LogP contribution is 2.17. The lowest BCUT2D eigenvalue weighted by Gasteiger charge is -2.07. The van der Waals surface area contributed by atoms with Crippen LogP contribution in [0.25, 0.3) is 0 Å². The lowest BCUT2D eigenvalue weighted by Crippen LogP contribution is -2.12. The van der Waals surface area contributed by atoms with Crippen molar-refractivity contribution in [2.24, 2.45) is 0 Å². The Hall–Kier alpha value is -2.46. The van der Waals surface area contributed by atoms with Crippen molar-refractivity contribution in [2.45, 2.75) is 6.42 Å². The van der Waals surface area contributed by atoms with Crippen molar-refractivity contribution in [3.05, 3.63) is 40.6 Å². The molecule has 0 amide bonds. The molecule has 0 aliphatic rings. The normalized spacial score (nSPS) is 9.63. The Morgan fingerprint density at radius 2 is 2.42 bits per heavy atom. The SMILES string of the molecule is C=CCCOCCNc1ncc([N+](=O)[O-])cc1C#N. The number of anilines is 1.